The highest BCUT2D eigenvalue weighted by Gasteiger charge is 2.31. The molecule has 0 atom stereocenters. The highest BCUT2D eigenvalue weighted by atomic mass is 32.2. The zero-order chi connectivity index (χ0) is 21.0. The molecule has 0 N–H and O–H groups in total. The molecule has 154 valence electrons. The van der Waals surface area contributed by atoms with Crippen LogP contribution in [0.3, 0.4) is 0 Å². The smallest absolute Gasteiger partial charge is 0.307 e. The Balaban J connectivity index is 1.87. The summed E-state index contributed by atoms with van der Waals surface area (Å²) in [6.45, 7) is 5.09. The first-order valence-electron chi connectivity index (χ1n) is 9.23. The molecule has 0 radical (unpaired) electrons. The minimum absolute atomic E-state index is 0.0698. The Hall–Kier alpha value is -1.97. The molecule has 1 aromatic carbocycles. The van der Waals surface area contributed by atoms with E-state index in [1.165, 1.54) is 11.8 Å². The molecular formula is C20H22N2O4S3. The summed E-state index contributed by atoms with van der Waals surface area (Å²) in [6, 6.07) is 5.85. The Bertz CT molecular complexity index is 898. The maximum atomic E-state index is 12.4. The number of thioether (sulfide) groups is 2. The van der Waals surface area contributed by atoms with E-state index in [0.717, 1.165) is 21.4 Å². The van der Waals surface area contributed by atoms with Gasteiger partial charge in [-0.05, 0) is 38.1 Å². The summed E-state index contributed by atoms with van der Waals surface area (Å²) in [4.78, 5) is 29.6. The fraction of sp³-hybridized carbons (Fsp3) is 0.350. The molecule has 0 aliphatic carbocycles. The standard InChI is InChI=1S/C20H22N2O4S3/c1-4-21-19(24)16(29-20(21)27)8-9-17-22(11-10-18(23)26-5-2)14-12-13(25-3)6-7-15(14)28-17/h6-9,12H,4-5,10-11H2,1-3H3/b16-8+,17-9+. The molecular weight excluding hydrogens is 428 g/mol. The molecule has 1 fully saturated rings. The molecule has 0 saturated carbocycles. The molecule has 1 amide bonds. The van der Waals surface area contributed by atoms with Crippen LogP contribution in [0.25, 0.3) is 0 Å². The third-order valence-electron chi connectivity index (χ3n) is 4.35. The summed E-state index contributed by atoms with van der Waals surface area (Å²) in [6.07, 6.45) is 3.97. The van der Waals surface area contributed by atoms with E-state index in [1.54, 1.807) is 36.8 Å². The van der Waals surface area contributed by atoms with Gasteiger partial charge in [0, 0.05) is 24.1 Å². The average molecular weight is 451 g/mol. The third-order valence-corrected chi connectivity index (χ3v) is 6.88. The minimum atomic E-state index is -0.239. The molecule has 2 aliphatic heterocycles. The number of hydrogen-bond acceptors (Lipinski definition) is 8. The van der Waals surface area contributed by atoms with Crippen molar-refractivity contribution in [2.75, 3.05) is 31.7 Å². The van der Waals surface area contributed by atoms with Crippen molar-refractivity contribution >= 4 is 57.6 Å². The number of hydrogen-bond donors (Lipinski definition) is 0. The fourth-order valence-electron chi connectivity index (χ4n) is 2.93. The minimum Gasteiger partial charge on any atom is -0.497 e. The molecule has 2 aliphatic rings. The predicted octanol–water partition coefficient (Wildman–Crippen LogP) is 4.17. The molecule has 9 heteroatoms. The average Bonchev–Trinajstić information content (AvgIpc) is 3.19. The van der Waals surface area contributed by atoms with Gasteiger partial charge in [0.05, 0.1) is 35.8 Å². The van der Waals surface area contributed by atoms with Crippen LogP contribution >= 0.6 is 35.7 Å². The largest absolute Gasteiger partial charge is 0.497 e. The Morgan fingerprint density at radius 1 is 1.21 bits per heavy atom. The van der Waals surface area contributed by atoms with Crippen molar-refractivity contribution in [1.82, 2.24) is 4.90 Å². The molecule has 2 heterocycles. The van der Waals surface area contributed by atoms with Crippen LogP contribution in [0, 0.1) is 0 Å². The molecule has 0 unspecified atom stereocenters. The van der Waals surface area contributed by atoms with Crippen LogP contribution in [-0.4, -0.2) is 47.9 Å². The predicted molar refractivity (Wildman–Crippen MR) is 121 cm³/mol. The number of nitrogens with zero attached hydrogens (tertiary/aromatic N) is 2. The van der Waals surface area contributed by atoms with Crippen molar-refractivity contribution in [3.8, 4) is 5.75 Å². The lowest BCUT2D eigenvalue weighted by molar-refractivity contribution is -0.142. The number of methoxy groups -OCH3 is 1. The number of rotatable bonds is 7. The van der Waals surface area contributed by atoms with E-state index in [-0.39, 0.29) is 18.3 Å². The van der Waals surface area contributed by atoms with E-state index < -0.39 is 0 Å². The lowest BCUT2D eigenvalue weighted by atomic mass is 10.2. The van der Waals surface area contributed by atoms with Gasteiger partial charge in [-0.3, -0.25) is 14.5 Å². The molecule has 0 aromatic heterocycles. The second-order valence-corrected chi connectivity index (χ2v) is 8.83. The Labute approximate surface area is 184 Å². The SMILES string of the molecule is CCOC(=O)CCN1/C(=C\C=C2\SC(=S)N(CC)C2=O)Sc2ccc(OC)cc21. The van der Waals surface area contributed by atoms with E-state index in [4.69, 9.17) is 21.7 Å². The zero-order valence-corrected chi connectivity index (χ0v) is 18.9. The van der Waals surface area contributed by atoms with Crippen molar-refractivity contribution in [2.24, 2.45) is 0 Å². The van der Waals surface area contributed by atoms with Gasteiger partial charge in [0.25, 0.3) is 5.91 Å². The number of fused-ring (bicyclic) bond motifs is 1. The number of allylic oxidation sites excluding steroid dienone is 2. The molecule has 0 spiro atoms. The molecule has 29 heavy (non-hydrogen) atoms. The van der Waals surface area contributed by atoms with Gasteiger partial charge < -0.3 is 14.4 Å². The number of carbonyl (C=O) groups is 2. The second-order valence-electron chi connectivity index (χ2n) is 6.10. The van der Waals surface area contributed by atoms with Crippen molar-refractivity contribution in [1.29, 1.82) is 0 Å². The number of benzene rings is 1. The van der Waals surface area contributed by atoms with Crippen LogP contribution in [0.2, 0.25) is 0 Å². The van der Waals surface area contributed by atoms with Gasteiger partial charge in [-0.25, -0.2) is 0 Å². The summed E-state index contributed by atoms with van der Waals surface area (Å²) in [7, 11) is 1.62. The number of likely N-dealkylation sites (N-methyl/N-ethyl adjacent to an activating group) is 1. The number of ether oxygens (including phenoxy) is 2. The molecule has 1 aromatic rings. The summed E-state index contributed by atoms with van der Waals surface area (Å²) in [5, 5.41) is 0.930. The molecule has 3 rings (SSSR count). The summed E-state index contributed by atoms with van der Waals surface area (Å²) < 4.78 is 11.0. The third kappa shape index (κ3) is 4.79. The molecule has 0 bridgehead atoms. The van der Waals surface area contributed by atoms with Crippen LogP contribution in [0.5, 0.6) is 5.75 Å². The first-order valence-corrected chi connectivity index (χ1v) is 11.3. The number of esters is 1. The van der Waals surface area contributed by atoms with Gasteiger partial charge in [-0.15, -0.1) is 0 Å². The van der Waals surface area contributed by atoms with Crippen molar-refractivity contribution in [2.45, 2.75) is 25.2 Å². The quantitative estimate of drug-likeness (QED) is 0.349. The summed E-state index contributed by atoms with van der Waals surface area (Å²) >= 11 is 8.17. The monoisotopic (exact) mass is 450 g/mol. The lowest BCUT2D eigenvalue weighted by Crippen LogP contribution is -2.27. The van der Waals surface area contributed by atoms with Gasteiger partial charge in [-0.1, -0.05) is 35.7 Å². The topological polar surface area (TPSA) is 59.1 Å². The number of anilines is 1. The van der Waals surface area contributed by atoms with Crippen molar-refractivity contribution in [3.63, 3.8) is 0 Å². The highest BCUT2D eigenvalue weighted by molar-refractivity contribution is 8.26. The van der Waals surface area contributed by atoms with Crippen LogP contribution < -0.4 is 9.64 Å². The van der Waals surface area contributed by atoms with Gasteiger partial charge in [0.2, 0.25) is 0 Å². The lowest BCUT2D eigenvalue weighted by Gasteiger charge is -2.20. The number of amides is 1. The Morgan fingerprint density at radius 2 is 2.00 bits per heavy atom. The summed E-state index contributed by atoms with van der Waals surface area (Å²) in [5.41, 5.74) is 0.972. The van der Waals surface area contributed by atoms with Gasteiger partial charge in [0.1, 0.15) is 10.1 Å². The molecule has 1 saturated heterocycles. The van der Waals surface area contributed by atoms with Gasteiger partial charge in [0.15, 0.2) is 0 Å². The van der Waals surface area contributed by atoms with Crippen molar-refractivity contribution in [3.05, 3.63) is 40.3 Å². The van der Waals surface area contributed by atoms with E-state index >= 15 is 0 Å². The molecule has 6 nitrogen and oxygen atoms in total. The van der Waals surface area contributed by atoms with Crippen molar-refractivity contribution < 1.29 is 19.1 Å². The Morgan fingerprint density at radius 3 is 2.66 bits per heavy atom. The fourth-order valence-corrected chi connectivity index (χ4v) is 5.33. The normalized spacial score (nSPS) is 18.7. The van der Waals surface area contributed by atoms with E-state index in [9.17, 15) is 9.59 Å². The van der Waals surface area contributed by atoms with E-state index in [2.05, 4.69) is 4.90 Å². The van der Waals surface area contributed by atoms with Crippen LogP contribution in [0.1, 0.15) is 20.3 Å². The van der Waals surface area contributed by atoms with Crippen LogP contribution in [-0.2, 0) is 14.3 Å². The Kier molecular flexibility index (Phi) is 7.26. The van der Waals surface area contributed by atoms with Gasteiger partial charge in [-0.2, -0.15) is 0 Å². The van der Waals surface area contributed by atoms with E-state index in [0.29, 0.717) is 28.9 Å². The first-order chi connectivity index (χ1) is 14.0. The maximum absolute atomic E-state index is 12.4. The highest BCUT2D eigenvalue weighted by Crippen LogP contribution is 2.47. The van der Waals surface area contributed by atoms with Crippen LogP contribution in [0.15, 0.2) is 45.2 Å². The van der Waals surface area contributed by atoms with Gasteiger partial charge >= 0.3 is 5.97 Å². The zero-order valence-electron chi connectivity index (χ0n) is 16.5. The summed E-state index contributed by atoms with van der Waals surface area (Å²) in [5.74, 6) is 0.437. The number of thiocarbonyl (C=S) groups is 1. The van der Waals surface area contributed by atoms with Crippen LogP contribution in [0.4, 0.5) is 5.69 Å². The van der Waals surface area contributed by atoms with E-state index in [1.807, 2.05) is 31.2 Å². The maximum Gasteiger partial charge on any atom is 0.307 e. The number of carbonyl (C=O) groups excluding carboxylic acids is 2. The second kappa shape index (κ2) is 9.69. The first kappa shape index (κ1) is 21.7.